The van der Waals surface area contributed by atoms with Gasteiger partial charge in [0.2, 0.25) is 0 Å². The molecule has 0 saturated heterocycles. The average Bonchev–Trinajstić information content (AvgIpc) is 2.37. The molecule has 1 aromatic rings. The molecule has 0 aliphatic heterocycles. The van der Waals surface area contributed by atoms with E-state index < -0.39 is 0 Å². The van der Waals surface area contributed by atoms with Crippen molar-refractivity contribution in [2.45, 2.75) is 25.1 Å². The van der Waals surface area contributed by atoms with E-state index >= 15 is 0 Å². The Bertz CT molecular complexity index is 424. The number of halogens is 1. The van der Waals surface area contributed by atoms with Crippen LogP contribution in [-0.2, 0) is 6.54 Å². The standard InChI is InChI=1S/C14H22BrNO2S/c1-14(2,19-5)9-16-8-10-6-11(15)13(18-4)12(7-10)17-3/h6-7,16H,8-9H2,1-5H3. The minimum atomic E-state index is 0.244. The summed E-state index contributed by atoms with van der Waals surface area (Å²) in [6, 6.07) is 4.06. The van der Waals surface area contributed by atoms with Crippen LogP contribution in [0, 0.1) is 0 Å². The molecule has 0 aliphatic carbocycles. The van der Waals surface area contributed by atoms with E-state index in [-0.39, 0.29) is 4.75 Å². The zero-order valence-electron chi connectivity index (χ0n) is 12.2. The Hall–Kier alpha value is -0.390. The van der Waals surface area contributed by atoms with Gasteiger partial charge in [-0.15, -0.1) is 0 Å². The number of methoxy groups -OCH3 is 2. The summed E-state index contributed by atoms with van der Waals surface area (Å²) < 4.78 is 11.8. The lowest BCUT2D eigenvalue weighted by molar-refractivity contribution is 0.352. The minimum Gasteiger partial charge on any atom is -0.493 e. The van der Waals surface area contributed by atoms with Crippen molar-refractivity contribution in [2.24, 2.45) is 0 Å². The maximum absolute atomic E-state index is 5.34. The topological polar surface area (TPSA) is 30.5 Å². The molecule has 0 spiro atoms. The van der Waals surface area contributed by atoms with E-state index in [1.54, 1.807) is 14.2 Å². The Kier molecular flexibility index (Phi) is 6.50. The molecule has 0 amide bonds. The summed E-state index contributed by atoms with van der Waals surface area (Å²) in [6.07, 6.45) is 2.13. The average molecular weight is 348 g/mol. The predicted octanol–water partition coefficient (Wildman–Crippen LogP) is 3.70. The molecule has 0 fully saturated rings. The zero-order valence-corrected chi connectivity index (χ0v) is 14.6. The number of rotatable bonds is 7. The number of benzene rings is 1. The first-order valence-electron chi connectivity index (χ1n) is 6.10. The van der Waals surface area contributed by atoms with Crippen molar-refractivity contribution in [2.75, 3.05) is 27.0 Å². The van der Waals surface area contributed by atoms with E-state index in [0.29, 0.717) is 0 Å². The number of ether oxygens (including phenoxy) is 2. The molecule has 1 aromatic carbocycles. The van der Waals surface area contributed by atoms with Crippen LogP contribution in [0.2, 0.25) is 0 Å². The van der Waals surface area contributed by atoms with Crippen LogP contribution in [0.1, 0.15) is 19.4 Å². The quantitative estimate of drug-likeness (QED) is 0.814. The van der Waals surface area contributed by atoms with Crippen molar-refractivity contribution in [3.8, 4) is 11.5 Å². The summed E-state index contributed by atoms with van der Waals surface area (Å²) >= 11 is 5.37. The molecule has 0 unspecified atom stereocenters. The smallest absolute Gasteiger partial charge is 0.174 e. The Morgan fingerprint density at radius 2 is 1.95 bits per heavy atom. The van der Waals surface area contributed by atoms with Crippen LogP contribution in [0.5, 0.6) is 11.5 Å². The Morgan fingerprint density at radius 1 is 1.26 bits per heavy atom. The third-order valence-corrected chi connectivity index (χ3v) is 4.76. The zero-order chi connectivity index (χ0) is 14.5. The first-order valence-corrected chi connectivity index (χ1v) is 8.11. The lowest BCUT2D eigenvalue weighted by Crippen LogP contribution is -2.31. The fourth-order valence-corrected chi connectivity index (χ4v) is 2.55. The normalized spacial score (nSPS) is 11.5. The molecule has 0 aromatic heterocycles. The molecule has 0 aliphatic rings. The second-order valence-corrected chi connectivity index (χ2v) is 7.25. The molecule has 0 saturated carbocycles. The summed E-state index contributed by atoms with van der Waals surface area (Å²) in [5.41, 5.74) is 1.17. The Labute approximate surface area is 128 Å². The summed E-state index contributed by atoms with van der Waals surface area (Å²) in [7, 11) is 3.29. The van der Waals surface area contributed by atoms with Crippen molar-refractivity contribution in [1.29, 1.82) is 0 Å². The van der Waals surface area contributed by atoms with Crippen LogP contribution in [-0.4, -0.2) is 31.8 Å². The SMILES string of the molecule is COc1cc(CNCC(C)(C)SC)cc(Br)c1OC. The van der Waals surface area contributed by atoms with Crippen LogP contribution in [0.3, 0.4) is 0 Å². The third-order valence-electron chi connectivity index (χ3n) is 2.93. The molecule has 1 rings (SSSR count). The molecule has 19 heavy (non-hydrogen) atoms. The summed E-state index contributed by atoms with van der Waals surface area (Å²) in [4.78, 5) is 0. The van der Waals surface area contributed by atoms with Crippen molar-refractivity contribution in [1.82, 2.24) is 5.32 Å². The Balaban J connectivity index is 2.72. The van der Waals surface area contributed by atoms with E-state index in [2.05, 4.69) is 47.4 Å². The summed E-state index contributed by atoms with van der Waals surface area (Å²) in [5.74, 6) is 1.48. The Morgan fingerprint density at radius 3 is 2.47 bits per heavy atom. The van der Waals surface area contributed by atoms with Gasteiger partial charge in [0.15, 0.2) is 11.5 Å². The summed E-state index contributed by atoms with van der Waals surface area (Å²) in [5, 5.41) is 3.47. The van der Waals surface area contributed by atoms with Gasteiger partial charge in [-0.05, 0) is 53.7 Å². The van der Waals surface area contributed by atoms with Gasteiger partial charge in [-0.25, -0.2) is 0 Å². The lowest BCUT2D eigenvalue weighted by Gasteiger charge is -2.22. The number of nitrogens with one attached hydrogen (secondary N) is 1. The fraction of sp³-hybridized carbons (Fsp3) is 0.571. The van der Waals surface area contributed by atoms with Gasteiger partial charge in [0.05, 0.1) is 18.7 Å². The largest absolute Gasteiger partial charge is 0.493 e. The molecule has 5 heteroatoms. The van der Waals surface area contributed by atoms with Gasteiger partial charge < -0.3 is 14.8 Å². The van der Waals surface area contributed by atoms with Crippen molar-refractivity contribution in [3.05, 3.63) is 22.2 Å². The van der Waals surface area contributed by atoms with Crippen LogP contribution in [0.4, 0.5) is 0 Å². The second-order valence-electron chi connectivity index (χ2n) is 4.88. The van der Waals surface area contributed by atoms with Gasteiger partial charge in [-0.1, -0.05) is 0 Å². The van der Waals surface area contributed by atoms with E-state index in [9.17, 15) is 0 Å². The molecule has 0 atom stereocenters. The highest BCUT2D eigenvalue weighted by molar-refractivity contribution is 9.10. The predicted molar refractivity (Wildman–Crippen MR) is 86.5 cm³/mol. The molecule has 0 heterocycles. The summed E-state index contributed by atoms with van der Waals surface area (Å²) in [6.45, 7) is 6.23. The monoisotopic (exact) mass is 347 g/mol. The molecular formula is C14H22BrNO2S. The van der Waals surface area contributed by atoms with Crippen molar-refractivity contribution >= 4 is 27.7 Å². The van der Waals surface area contributed by atoms with Gasteiger partial charge in [0.25, 0.3) is 0 Å². The first-order chi connectivity index (χ1) is 8.93. The minimum absolute atomic E-state index is 0.244. The van der Waals surface area contributed by atoms with Gasteiger partial charge in [-0.3, -0.25) is 0 Å². The van der Waals surface area contributed by atoms with Gasteiger partial charge >= 0.3 is 0 Å². The molecule has 0 bridgehead atoms. The van der Waals surface area contributed by atoms with E-state index in [4.69, 9.17) is 9.47 Å². The van der Waals surface area contributed by atoms with E-state index in [1.165, 1.54) is 5.56 Å². The maximum atomic E-state index is 5.34. The van der Waals surface area contributed by atoms with Crippen LogP contribution in [0.15, 0.2) is 16.6 Å². The van der Waals surface area contributed by atoms with E-state index in [1.807, 2.05) is 17.8 Å². The first kappa shape index (κ1) is 16.7. The van der Waals surface area contributed by atoms with Gasteiger partial charge in [0, 0.05) is 17.8 Å². The van der Waals surface area contributed by atoms with Gasteiger partial charge in [-0.2, -0.15) is 11.8 Å². The van der Waals surface area contributed by atoms with E-state index in [0.717, 1.165) is 29.1 Å². The van der Waals surface area contributed by atoms with Crippen molar-refractivity contribution < 1.29 is 9.47 Å². The molecular weight excluding hydrogens is 326 g/mol. The third kappa shape index (κ3) is 4.89. The number of hydrogen-bond acceptors (Lipinski definition) is 4. The van der Waals surface area contributed by atoms with Gasteiger partial charge in [0.1, 0.15) is 0 Å². The van der Waals surface area contributed by atoms with Crippen LogP contribution < -0.4 is 14.8 Å². The molecule has 3 nitrogen and oxygen atoms in total. The van der Waals surface area contributed by atoms with Crippen LogP contribution >= 0.6 is 27.7 Å². The van der Waals surface area contributed by atoms with Crippen LogP contribution in [0.25, 0.3) is 0 Å². The highest BCUT2D eigenvalue weighted by Gasteiger charge is 2.15. The highest BCUT2D eigenvalue weighted by atomic mass is 79.9. The second kappa shape index (κ2) is 7.41. The molecule has 0 radical (unpaired) electrons. The number of hydrogen-bond donors (Lipinski definition) is 1. The highest BCUT2D eigenvalue weighted by Crippen LogP contribution is 2.36. The van der Waals surface area contributed by atoms with Crippen molar-refractivity contribution in [3.63, 3.8) is 0 Å². The molecule has 108 valence electrons. The maximum Gasteiger partial charge on any atom is 0.174 e. The fourth-order valence-electron chi connectivity index (χ4n) is 1.65. The molecule has 1 N–H and O–H groups in total. The number of thioether (sulfide) groups is 1. The lowest BCUT2D eigenvalue weighted by atomic mass is 10.1.